The smallest absolute Gasteiger partial charge is 0.227 e. The number of likely N-dealkylation sites (N-methyl/N-ethyl adjacent to an activating group) is 1. The number of methoxy groups -OCH3 is 1. The molecule has 168 valence electrons. The van der Waals surface area contributed by atoms with Crippen molar-refractivity contribution in [2.45, 2.75) is 26.3 Å². The Morgan fingerprint density at radius 3 is 2.70 bits per heavy atom. The molecule has 3 heterocycles. The van der Waals surface area contributed by atoms with E-state index in [4.69, 9.17) is 9.72 Å². The Bertz CT molecular complexity index is 1250. The zero-order chi connectivity index (χ0) is 22.8. The van der Waals surface area contributed by atoms with E-state index in [1.54, 1.807) is 13.4 Å². The number of ether oxygens (including phenoxy) is 1. The molecule has 4 aromatic rings. The van der Waals surface area contributed by atoms with E-state index in [-0.39, 0.29) is 5.92 Å². The number of imidazole rings is 1. The molecule has 0 amide bonds. The van der Waals surface area contributed by atoms with Crippen molar-refractivity contribution in [2.24, 2.45) is 0 Å². The summed E-state index contributed by atoms with van der Waals surface area (Å²) in [6, 6.07) is 16.6. The zero-order valence-electron chi connectivity index (χ0n) is 19.2. The monoisotopic (exact) mass is 440 g/mol. The summed E-state index contributed by atoms with van der Waals surface area (Å²) in [5.74, 6) is 1.56. The van der Waals surface area contributed by atoms with Gasteiger partial charge in [0.15, 0.2) is 0 Å². The van der Waals surface area contributed by atoms with Gasteiger partial charge in [-0.2, -0.15) is 0 Å². The van der Waals surface area contributed by atoms with Crippen molar-refractivity contribution < 1.29 is 4.74 Å². The van der Waals surface area contributed by atoms with E-state index in [0.29, 0.717) is 5.95 Å². The second-order valence-electron chi connectivity index (χ2n) is 8.33. The molecule has 33 heavy (non-hydrogen) atoms. The van der Waals surface area contributed by atoms with Gasteiger partial charge in [0.05, 0.1) is 30.5 Å². The van der Waals surface area contributed by atoms with E-state index in [0.717, 1.165) is 48.1 Å². The summed E-state index contributed by atoms with van der Waals surface area (Å²) in [4.78, 5) is 16.3. The molecule has 7 nitrogen and oxygen atoms in total. The van der Waals surface area contributed by atoms with Gasteiger partial charge in [0.1, 0.15) is 5.75 Å². The largest absolute Gasteiger partial charge is 0.494 e. The first kappa shape index (κ1) is 21.2. The molecule has 0 aliphatic carbocycles. The number of benzene rings is 2. The van der Waals surface area contributed by atoms with Crippen molar-refractivity contribution in [1.29, 1.82) is 0 Å². The standard InChI is InChI=1S/C26H28N6O/c1-4-31-15-20-13-27-26(30-25(20)22(16-31)19-8-6-5-7-9-19)29-21-10-11-23(24(12-21)33-3)32-14-18(2)28-17-32/h5-14,17,22H,4,15-16H2,1-3H3,(H,27,29,30). The van der Waals surface area contributed by atoms with E-state index in [1.807, 2.05) is 42.1 Å². The highest BCUT2D eigenvalue weighted by atomic mass is 16.5. The molecule has 0 radical (unpaired) electrons. The lowest BCUT2D eigenvalue weighted by molar-refractivity contribution is 0.250. The highest BCUT2D eigenvalue weighted by Gasteiger charge is 2.28. The quantitative estimate of drug-likeness (QED) is 0.469. The number of anilines is 2. The summed E-state index contributed by atoms with van der Waals surface area (Å²) >= 11 is 0. The van der Waals surface area contributed by atoms with Crippen LogP contribution in [0.4, 0.5) is 11.6 Å². The Labute approximate surface area is 194 Å². The van der Waals surface area contributed by atoms with E-state index in [9.17, 15) is 0 Å². The Balaban J connectivity index is 1.46. The van der Waals surface area contributed by atoms with Crippen LogP contribution in [0, 0.1) is 6.92 Å². The van der Waals surface area contributed by atoms with Crippen molar-refractivity contribution in [1.82, 2.24) is 24.4 Å². The van der Waals surface area contributed by atoms with Crippen molar-refractivity contribution in [2.75, 3.05) is 25.5 Å². The number of rotatable bonds is 6. The minimum absolute atomic E-state index is 0.222. The number of nitrogens with one attached hydrogen (secondary N) is 1. The summed E-state index contributed by atoms with van der Waals surface area (Å²) in [7, 11) is 1.67. The molecule has 0 saturated carbocycles. The van der Waals surface area contributed by atoms with E-state index >= 15 is 0 Å². The van der Waals surface area contributed by atoms with Crippen LogP contribution in [0.15, 0.2) is 67.3 Å². The van der Waals surface area contributed by atoms with E-state index in [2.05, 4.69) is 57.4 Å². The topological polar surface area (TPSA) is 68.1 Å². The molecule has 5 rings (SSSR count). The molecular weight excluding hydrogens is 412 g/mol. The molecule has 7 heteroatoms. The van der Waals surface area contributed by atoms with Gasteiger partial charge in [0.25, 0.3) is 0 Å². The molecule has 0 fully saturated rings. The van der Waals surface area contributed by atoms with Gasteiger partial charge in [0, 0.05) is 48.7 Å². The van der Waals surface area contributed by atoms with Crippen LogP contribution < -0.4 is 10.1 Å². The van der Waals surface area contributed by atoms with Crippen LogP contribution in [0.2, 0.25) is 0 Å². The van der Waals surface area contributed by atoms with Gasteiger partial charge in [-0.1, -0.05) is 37.3 Å². The van der Waals surface area contributed by atoms with Crippen LogP contribution in [-0.2, 0) is 6.54 Å². The van der Waals surface area contributed by atoms with Gasteiger partial charge in [-0.05, 0) is 31.2 Å². The Kier molecular flexibility index (Phi) is 5.79. The summed E-state index contributed by atoms with van der Waals surface area (Å²) in [6.45, 7) is 7.01. The summed E-state index contributed by atoms with van der Waals surface area (Å²) < 4.78 is 7.60. The number of hydrogen-bond acceptors (Lipinski definition) is 6. The maximum absolute atomic E-state index is 5.64. The maximum Gasteiger partial charge on any atom is 0.227 e. The fourth-order valence-electron chi connectivity index (χ4n) is 4.39. The number of aryl methyl sites for hydroxylation is 1. The van der Waals surface area contributed by atoms with Crippen LogP contribution >= 0.6 is 0 Å². The van der Waals surface area contributed by atoms with Gasteiger partial charge >= 0.3 is 0 Å². The third kappa shape index (κ3) is 4.32. The molecule has 1 unspecified atom stereocenters. The first-order chi connectivity index (χ1) is 16.1. The minimum atomic E-state index is 0.222. The molecule has 0 spiro atoms. The molecule has 0 bridgehead atoms. The number of fused-ring (bicyclic) bond motifs is 1. The van der Waals surface area contributed by atoms with Gasteiger partial charge in [0.2, 0.25) is 5.95 Å². The third-order valence-corrected chi connectivity index (χ3v) is 6.14. The lowest BCUT2D eigenvalue weighted by Crippen LogP contribution is -2.34. The maximum atomic E-state index is 5.64. The third-order valence-electron chi connectivity index (χ3n) is 6.14. The van der Waals surface area contributed by atoms with Crippen LogP contribution in [0.25, 0.3) is 5.69 Å². The highest BCUT2D eigenvalue weighted by Crippen LogP contribution is 2.33. The predicted octanol–water partition coefficient (Wildman–Crippen LogP) is 4.69. The molecular formula is C26H28N6O. The summed E-state index contributed by atoms with van der Waals surface area (Å²) in [5, 5.41) is 3.37. The van der Waals surface area contributed by atoms with E-state index in [1.165, 1.54) is 11.1 Å². The normalized spacial score (nSPS) is 15.8. The molecule has 1 aliphatic rings. The Hall–Kier alpha value is -3.71. The summed E-state index contributed by atoms with van der Waals surface area (Å²) in [5.41, 5.74) is 6.32. The van der Waals surface area contributed by atoms with Crippen LogP contribution in [0.1, 0.15) is 35.4 Å². The van der Waals surface area contributed by atoms with Crippen molar-refractivity contribution in [3.63, 3.8) is 0 Å². The van der Waals surface area contributed by atoms with Crippen molar-refractivity contribution >= 4 is 11.6 Å². The highest BCUT2D eigenvalue weighted by molar-refractivity contribution is 5.62. The average molecular weight is 441 g/mol. The summed E-state index contributed by atoms with van der Waals surface area (Å²) in [6.07, 6.45) is 5.72. The molecule has 2 aromatic carbocycles. The fourth-order valence-corrected chi connectivity index (χ4v) is 4.39. The number of aromatic nitrogens is 4. The number of nitrogens with zero attached hydrogens (tertiary/aromatic N) is 5. The molecule has 1 aliphatic heterocycles. The zero-order valence-corrected chi connectivity index (χ0v) is 19.2. The van der Waals surface area contributed by atoms with Crippen LogP contribution in [0.3, 0.4) is 0 Å². The van der Waals surface area contributed by atoms with Gasteiger partial charge < -0.3 is 14.6 Å². The second-order valence-corrected chi connectivity index (χ2v) is 8.33. The van der Waals surface area contributed by atoms with E-state index < -0.39 is 0 Å². The van der Waals surface area contributed by atoms with Crippen molar-refractivity contribution in [3.8, 4) is 11.4 Å². The SMILES string of the molecule is CCN1Cc2cnc(Nc3ccc(-n4cnc(C)c4)c(OC)c3)nc2C(c2ccccc2)C1. The molecule has 1 atom stereocenters. The second kappa shape index (κ2) is 9.03. The van der Waals surface area contributed by atoms with Gasteiger partial charge in [-0.3, -0.25) is 4.90 Å². The number of hydrogen-bond donors (Lipinski definition) is 1. The Morgan fingerprint density at radius 1 is 1.12 bits per heavy atom. The predicted molar refractivity (Wildman–Crippen MR) is 129 cm³/mol. The Morgan fingerprint density at radius 2 is 1.97 bits per heavy atom. The molecule has 0 saturated heterocycles. The fraction of sp³-hybridized carbons (Fsp3) is 0.269. The average Bonchev–Trinajstić information content (AvgIpc) is 3.29. The van der Waals surface area contributed by atoms with Gasteiger partial charge in [-0.15, -0.1) is 0 Å². The lowest BCUT2D eigenvalue weighted by Gasteiger charge is -2.33. The minimum Gasteiger partial charge on any atom is -0.494 e. The van der Waals surface area contributed by atoms with Crippen LogP contribution in [-0.4, -0.2) is 44.6 Å². The molecule has 1 N–H and O–H groups in total. The molecule has 2 aromatic heterocycles. The van der Waals surface area contributed by atoms with Crippen molar-refractivity contribution in [3.05, 3.63) is 89.8 Å². The lowest BCUT2D eigenvalue weighted by atomic mass is 9.89. The first-order valence-corrected chi connectivity index (χ1v) is 11.2. The van der Waals surface area contributed by atoms with Crippen LogP contribution in [0.5, 0.6) is 5.75 Å². The first-order valence-electron chi connectivity index (χ1n) is 11.2. The van der Waals surface area contributed by atoms with Gasteiger partial charge in [-0.25, -0.2) is 15.0 Å².